The lowest BCUT2D eigenvalue weighted by Crippen LogP contribution is -2.35. The number of hydrogen-bond donors (Lipinski definition) is 2. The van der Waals surface area contributed by atoms with Crippen LogP contribution in [0.3, 0.4) is 0 Å². The van der Waals surface area contributed by atoms with Crippen molar-refractivity contribution >= 4 is 17.3 Å². The van der Waals surface area contributed by atoms with Gasteiger partial charge in [0, 0.05) is 4.88 Å². The first kappa shape index (κ1) is 12.0. The first-order valence-corrected chi connectivity index (χ1v) is 7.00. The average molecular weight is 273 g/mol. The molecule has 1 aromatic heterocycles. The number of nitrogens with zero attached hydrogens (tertiary/aromatic N) is 2. The van der Waals surface area contributed by atoms with Gasteiger partial charge in [-0.15, -0.1) is 11.3 Å². The molecule has 0 saturated heterocycles. The maximum Gasteiger partial charge on any atom is 0.192 e. The number of nitrogens with two attached hydrogens (primary N) is 1. The van der Waals surface area contributed by atoms with Crippen LogP contribution in [-0.4, -0.2) is 22.5 Å². The van der Waals surface area contributed by atoms with E-state index in [9.17, 15) is 5.11 Å². The number of aromatic hydroxyl groups is 1. The minimum atomic E-state index is 0.106. The smallest absolute Gasteiger partial charge is 0.192 e. The van der Waals surface area contributed by atoms with Gasteiger partial charge in [-0.05, 0) is 29.1 Å². The first-order chi connectivity index (χ1) is 9.24. The fourth-order valence-electron chi connectivity index (χ4n) is 2.31. The fraction of sp³-hybridized carbons (Fsp3) is 0.214. The van der Waals surface area contributed by atoms with Gasteiger partial charge in [-0.2, -0.15) is 0 Å². The van der Waals surface area contributed by atoms with E-state index in [1.54, 1.807) is 23.5 Å². The Morgan fingerprint density at radius 3 is 3.00 bits per heavy atom. The van der Waals surface area contributed by atoms with Gasteiger partial charge in [0.05, 0.1) is 19.1 Å². The molecular formula is C14H15N3OS. The third kappa shape index (κ3) is 2.42. The van der Waals surface area contributed by atoms with Crippen molar-refractivity contribution in [2.45, 2.75) is 12.6 Å². The van der Waals surface area contributed by atoms with Gasteiger partial charge in [0.15, 0.2) is 5.96 Å². The molecule has 19 heavy (non-hydrogen) atoms. The van der Waals surface area contributed by atoms with Gasteiger partial charge < -0.3 is 15.7 Å². The van der Waals surface area contributed by atoms with Gasteiger partial charge in [0.25, 0.3) is 0 Å². The maximum absolute atomic E-state index is 9.60. The van der Waals surface area contributed by atoms with Gasteiger partial charge >= 0.3 is 0 Å². The summed E-state index contributed by atoms with van der Waals surface area (Å²) in [6.45, 7) is 1.40. The van der Waals surface area contributed by atoms with Crippen molar-refractivity contribution in [3.63, 3.8) is 0 Å². The number of guanidine groups is 1. The van der Waals surface area contributed by atoms with Crippen LogP contribution in [0.25, 0.3) is 0 Å². The molecule has 5 heteroatoms. The third-order valence-corrected chi connectivity index (χ3v) is 4.12. The van der Waals surface area contributed by atoms with Gasteiger partial charge in [0.2, 0.25) is 0 Å². The van der Waals surface area contributed by atoms with Crippen LogP contribution in [-0.2, 0) is 6.54 Å². The second-order valence-electron chi connectivity index (χ2n) is 4.52. The highest BCUT2D eigenvalue weighted by molar-refractivity contribution is 7.09. The SMILES string of the molecule is NC1=NCC(c2cccc(O)c2)N1Cc1cccs1. The summed E-state index contributed by atoms with van der Waals surface area (Å²) in [5.74, 6) is 0.848. The number of aliphatic imine (C=N–C) groups is 1. The summed E-state index contributed by atoms with van der Waals surface area (Å²) in [6.07, 6.45) is 0. The fourth-order valence-corrected chi connectivity index (χ4v) is 3.01. The highest BCUT2D eigenvalue weighted by Crippen LogP contribution is 2.29. The van der Waals surface area contributed by atoms with E-state index in [1.807, 2.05) is 18.2 Å². The van der Waals surface area contributed by atoms with Crippen molar-refractivity contribution in [1.82, 2.24) is 4.90 Å². The van der Waals surface area contributed by atoms with Crippen molar-refractivity contribution in [3.8, 4) is 5.75 Å². The van der Waals surface area contributed by atoms with Crippen LogP contribution in [0.5, 0.6) is 5.75 Å². The molecule has 0 bridgehead atoms. The first-order valence-electron chi connectivity index (χ1n) is 6.12. The standard InChI is InChI=1S/C14H15N3OS/c15-14-16-8-13(10-3-1-4-11(18)7-10)17(14)9-12-5-2-6-19-12/h1-7,13,18H,8-9H2,(H2,15,16). The molecule has 0 aliphatic carbocycles. The summed E-state index contributed by atoms with van der Waals surface area (Å²) in [5.41, 5.74) is 7.02. The molecule has 1 aliphatic heterocycles. The number of phenolic OH excluding ortho intramolecular Hbond substituents is 1. The number of rotatable bonds is 3. The van der Waals surface area contributed by atoms with Crippen LogP contribution in [0.15, 0.2) is 46.8 Å². The van der Waals surface area contributed by atoms with E-state index in [-0.39, 0.29) is 11.8 Å². The van der Waals surface area contributed by atoms with Crippen LogP contribution in [0.1, 0.15) is 16.5 Å². The Labute approximate surface area is 115 Å². The minimum Gasteiger partial charge on any atom is -0.508 e. The lowest BCUT2D eigenvalue weighted by atomic mass is 10.1. The molecule has 2 heterocycles. The van der Waals surface area contributed by atoms with Crippen LogP contribution in [0, 0.1) is 0 Å². The molecule has 1 unspecified atom stereocenters. The zero-order valence-corrected chi connectivity index (χ0v) is 11.2. The Bertz CT molecular complexity index is 594. The van der Waals surface area contributed by atoms with Gasteiger partial charge in [-0.25, -0.2) is 0 Å². The van der Waals surface area contributed by atoms with Crippen molar-refractivity contribution in [2.24, 2.45) is 10.7 Å². The molecular weight excluding hydrogens is 258 g/mol. The highest BCUT2D eigenvalue weighted by atomic mass is 32.1. The summed E-state index contributed by atoms with van der Waals surface area (Å²) in [5, 5.41) is 11.7. The van der Waals surface area contributed by atoms with Crippen LogP contribution in [0.2, 0.25) is 0 Å². The van der Waals surface area contributed by atoms with Gasteiger partial charge in [-0.3, -0.25) is 4.99 Å². The molecule has 98 valence electrons. The van der Waals surface area contributed by atoms with E-state index >= 15 is 0 Å². The molecule has 3 N–H and O–H groups in total. The Hall–Kier alpha value is -2.01. The summed E-state index contributed by atoms with van der Waals surface area (Å²) in [6, 6.07) is 11.5. The van der Waals surface area contributed by atoms with Crippen molar-refractivity contribution in [2.75, 3.05) is 6.54 Å². The lowest BCUT2D eigenvalue weighted by molar-refractivity contribution is 0.342. The van der Waals surface area contributed by atoms with Crippen LogP contribution >= 0.6 is 11.3 Å². The van der Waals surface area contributed by atoms with E-state index in [2.05, 4.69) is 21.3 Å². The summed E-state index contributed by atoms with van der Waals surface area (Å²) in [7, 11) is 0. The predicted octanol–water partition coefficient (Wildman–Crippen LogP) is 2.33. The highest BCUT2D eigenvalue weighted by Gasteiger charge is 2.27. The third-order valence-electron chi connectivity index (χ3n) is 3.26. The zero-order chi connectivity index (χ0) is 13.2. The second kappa shape index (κ2) is 4.93. The topological polar surface area (TPSA) is 61.9 Å². The Morgan fingerprint density at radius 1 is 1.37 bits per heavy atom. The van der Waals surface area contributed by atoms with E-state index in [4.69, 9.17) is 5.73 Å². The van der Waals surface area contributed by atoms with E-state index < -0.39 is 0 Å². The van der Waals surface area contributed by atoms with Crippen LogP contribution < -0.4 is 5.73 Å². The monoisotopic (exact) mass is 273 g/mol. The molecule has 4 nitrogen and oxygen atoms in total. The summed E-state index contributed by atoms with van der Waals surface area (Å²) >= 11 is 1.71. The lowest BCUT2D eigenvalue weighted by Gasteiger charge is -2.26. The Kier molecular flexibility index (Phi) is 3.13. The molecule has 0 saturated carbocycles. The maximum atomic E-state index is 9.60. The largest absolute Gasteiger partial charge is 0.508 e. The molecule has 2 aromatic rings. The molecule has 0 radical (unpaired) electrons. The molecule has 1 aliphatic rings. The van der Waals surface area contributed by atoms with Gasteiger partial charge in [-0.1, -0.05) is 18.2 Å². The molecule has 3 rings (SSSR count). The van der Waals surface area contributed by atoms with E-state index in [0.717, 1.165) is 12.1 Å². The zero-order valence-electron chi connectivity index (χ0n) is 10.4. The number of benzene rings is 1. The van der Waals surface area contributed by atoms with Crippen LogP contribution in [0.4, 0.5) is 0 Å². The quantitative estimate of drug-likeness (QED) is 0.902. The van der Waals surface area contributed by atoms with Crippen molar-refractivity contribution in [1.29, 1.82) is 0 Å². The Balaban J connectivity index is 1.85. The summed E-state index contributed by atoms with van der Waals surface area (Å²) < 4.78 is 0. The van der Waals surface area contributed by atoms with Gasteiger partial charge in [0.1, 0.15) is 5.75 Å². The molecule has 1 atom stereocenters. The number of thiophene rings is 1. The molecule has 1 aromatic carbocycles. The minimum absolute atomic E-state index is 0.106. The second-order valence-corrected chi connectivity index (χ2v) is 5.55. The number of phenols is 1. The normalized spacial score (nSPS) is 18.6. The van der Waals surface area contributed by atoms with E-state index in [1.165, 1.54) is 4.88 Å². The van der Waals surface area contributed by atoms with E-state index in [0.29, 0.717) is 12.5 Å². The predicted molar refractivity (Wildman–Crippen MR) is 77.2 cm³/mol. The number of hydrogen-bond acceptors (Lipinski definition) is 5. The summed E-state index contributed by atoms with van der Waals surface area (Å²) in [4.78, 5) is 7.67. The Morgan fingerprint density at radius 2 is 2.26 bits per heavy atom. The van der Waals surface area contributed by atoms with Crippen molar-refractivity contribution in [3.05, 3.63) is 52.2 Å². The molecule has 0 fully saturated rings. The van der Waals surface area contributed by atoms with Crippen molar-refractivity contribution < 1.29 is 5.11 Å². The molecule has 0 amide bonds. The molecule has 0 spiro atoms. The average Bonchev–Trinajstić information content (AvgIpc) is 3.01.